The largest absolute Gasteiger partial charge is 0.339 e. The molecule has 0 unspecified atom stereocenters. The molecule has 2 heterocycles. The summed E-state index contributed by atoms with van der Waals surface area (Å²) in [5, 5.41) is 8.27. The molecule has 0 saturated heterocycles. The Bertz CT molecular complexity index is 1120. The number of hydrogen-bond donors (Lipinski definition) is 0. The smallest absolute Gasteiger partial charge is 0.266 e. The first-order chi connectivity index (χ1) is 13.2. The molecule has 0 N–H and O–H groups in total. The standard InChI is InChI=1S/C20H15FN4O2/c21-16-8-4-7-15(13-16)20-22-18(27-24-20)11-12-25-19(26)10-9-17(23-25)14-5-2-1-3-6-14/h1-10,13H,11-12H2. The first-order valence-corrected chi connectivity index (χ1v) is 8.41. The van der Waals surface area contributed by atoms with Crippen molar-refractivity contribution in [1.29, 1.82) is 0 Å². The summed E-state index contributed by atoms with van der Waals surface area (Å²) in [4.78, 5) is 16.3. The summed E-state index contributed by atoms with van der Waals surface area (Å²) in [6.07, 6.45) is 0.341. The number of halogens is 1. The highest BCUT2D eigenvalue weighted by atomic mass is 19.1. The fraction of sp³-hybridized carbons (Fsp3) is 0.100. The average Bonchev–Trinajstić information content (AvgIpc) is 3.17. The van der Waals surface area contributed by atoms with Crippen molar-refractivity contribution in [2.24, 2.45) is 0 Å². The van der Waals surface area contributed by atoms with Gasteiger partial charge in [-0.1, -0.05) is 47.6 Å². The van der Waals surface area contributed by atoms with E-state index in [0.29, 0.717) is 35.9 Å². The van der Waals surface area contributed by atoms with E-state index in [-0.39, 0.29) is 11.4 Å². The van der Waals surface area contributed by atoms with Crippen molar-refractivity contribution >= 4 is 0 Å². The molecule has 0 spiro atoms. The van der Waals surface area contributed by atoms with Gasteiger partial charge in [-0.3, -0.25) is 4.79 Å². The third-order valence-corrected chi connectivity index (χ3v) is 4.02. The average molecular weight is 362 g/mol. The third kappa shape index (κ3) is 3.82. The van der Waals surface area contributed by atoms with Crippen molar-refractivity contribution in [3.63, 3.8) is 0 Å². The van der Waals surface area contributed by atoms with E-state index in [2.05, 4.69) is 15.2 Å². The molecule has 0 saturated carbocycles. The van der Waals surface area contributed by atoms with Crippen molar-refractivity contribution in [1.82, 2.24) is 19.9 Å². The fourth-order valence-electron chi connectivity index (χ4n) is 2.67. The van der Waals surface area contributed by atoms with Crippen LogP contribution >= 0.6 is 0 Å². The number of nitrogens with zero attached hydrogens (tertiary/aromatic N) is 4. The van der Waals surface area contributed by atoms with E-state index in [4.69, 9.17) is 4.52 Å². The first kappa shape index (κ1) is 16.8. The summed E-state index contributed by atoms with van der Waals surface area (Å²) in [5.41, 5.74) is 1.96. The molecule has 27 heavy (non-hydrogen) atoms. The molecule has 4 aromatic rings. The van der Waals surface area contributed by atoms with Crippen LogP contribution in [0.15, 0.2) is 76.0 Å². The first-order valence-electron chi connectivity index (χ1n) is 8.41. The Morgan fingerprint density at radius 1 is 0.963 bits per heavy atom. The summed E-state index contributed by atoms with van der Waals surface area (Å²) < 4.78 is 19.9. The lowest BCUT2D eigenvalue weighted by atomic mass is 10.1. The Kier molecular flexibility index (Phi) is 4.57. The minimum absolute atomic E-state index is 0.209. The van der Waals surface area contributed by atoms with Crippen LogP contribution in [0.5, 0.6) is 0 Å². The highest BCUT2D eigenvalue weighted by Crippen LogP contribution is 2.17. The maximum absolute atomic E-state index is 13.3. The van der Waals surface area contributed by atoms with Gasteiger partial charge in [0.1, 0.15) is 5.82 Å². The zero-order chi connectivity index (χ0) is 18.6. The molecule has 0 aliphatic carbocycles. The lowest BCUT2D eigenvalue weighted by Gasteiger charge is -2.05. The normalized spacial score (nSPS) is 10.9. The zero-order valence-corrected chi connectivity index (χ0v) is 14.2. The molecule has 0 fully saturated rings. The molecular weight excluding hydrogens is 347 g/mol. The molecule has 0 bridgehead atoms. The second kappa shape index (κ2) is 7.33. The highest BCUT2D eigenvalue weighted by Gasteiger charge is 2.10. The minimum atomic E-state index is -0.368. The summed E-state index contributed by atoms with van der Waals surface area (Å²) in [6.45, 7) is 0.296. The molecule has 0 atom stereocenters. The monoisotopic (exact) mass is 362 g/mol. The van der Waals surface area contributed by atoms with Gasteiger partial charge in [0.25, 0.3) is 5.56 Å². The quantitative estimate of drug-likeness (QED) is 0.544. The Labute approximate surface area is 153 Å². The highest BCUT2D eigenvalue weighted by molar-refractivity contribution is 5.57. The number of rotatable bonds is 5. The molecule has 7 heteroatoms. The van der Waals surface area contributed by atoms with Crippen molar-refractivity contribution in [2.75, 3.05) is 0 Å². The van der Waals surface area contributed by atoms with Gasteiger partial charge >= 0.3 is 0 Å². The van der Waals surface area contributed by atoms with Gasteiger partial charge in [0.05, 0.1) is 12.2 Å². The number of aryl methyl sites for hydroxylation is 2. The maximum Gasteiger partial charge on any atom is 0.266 e. The number of aromatic nitrogens is 4. The van der Waals surface area contributed by atoms with Gasteiger partial charge in [0, 0.05) is 23.6 Å². The van der Waals surface area contributed by atoms with Crippen LogP contribution in [0.2, 0.25) is 0 Å². The van der Waals surface area contributed by atoms with Crippen LogP contribution in [-0.4, -0.2) is 19.9 Å². The lowest BCUT2D eigenvalue weighted by Crippen LogP contribution is -2.23. The molecule has 2 aromatic carbocycles. The molecule has 0 amide bonds. The Hall–Kier alpha value is -3.61. The Morgan fingerprint density at radius 3 is 2.59 bits per heavy atom. The Morgan fingerprint density at radius 2 is 1.78 bits per heavy atom. The van der Waals surface area contributed by atoms with Crippen molar-refractivity contribution in [2.45, 2.75) is 13.0 Å². The second-order valence-electron chi connectivity index (χ2n) is 5.92. The van der Waals surface area contributed by atoms with Gasteiger partial charge in [-0.25, -0.2) is 9.07 Å². The van der Waals surface area contributed by atoms with Crippen LogP contribution in [-0.2, 0) is 13.0 Å². The van der Waals surface area contributed by atoms with Crippen LogP contribution < -0.4 is 5.56 Å². The summed E-state index contributed by atoms with van der Waals surface area (Å²) in [7, 11) is 0. The third-order valence-electron chi connectivity index (χ3n) is 4.02. The van der Waals surface area contributed by atoms with Crippen LogP contribution in [0.3, 0.4) is 0 Å². The summed E-state index contributed by atoms with van der Waals surface area (Å²) in [6, 6.07) is 18.8. The van der Waals surface area contributed by atoms with E-state index in [9.17, 15) is 9.18 Å². The predicted molar refractivity (Wildman–Crippen MR) is 97.3 cm³/mol. The molecular formula is C20H15FN4O2. The summed E-state index contributed by atoms with van der Waals surface area (Å²) in [5.74, 6) is 0.295. The van der Waals surface area contributed by atoms with Crippen molar-refractivity contribution < 1.29 is 8.91 Å². The van der Waals surface area contributed by atoms with E-state index >= 15 is 0 Å². The second-order valence-corrected chi connectivity index (χ2v) is 5.92. The SMILES string of the molecule is O=c1ccc(-c2ccccc2)nn1CCc1nc(-c2cccc(F)c2)no1. The van der Waals surface area contributed by atoms with Crippen LogP contribution in [0.4, 0.5) is 4.39 Å². The molecule has 4 rings (SSSR count). The molecule has 2 aromatic heterocycles. The minimum Gasteiger partial charge on any atom is -0.339 e. The predicted octanol–water partition coefficient (Wildman–Crippen LogP) is 3.34. The van der Waals surface area contributed by atoms with Crippen LogP contribution in [0, 0.1) is 5.82 Å². The Balaban J connectivity index is 1.52. The van der Waals surface area contributed by atoms with Gasteiger partial charge < -0.3 is 4.52 Å². The lowest BCUT2D eigenvalue weighted by molar-refractivity contribution is 0.368. The van der Waals surface area contributed by atoms with Crippen molar-refractivity contribution in [3.8, 4) is 22.6 Å². The van der Waals surface area contributed by atoms with Gasteiger partial charge in [0.15, 0.2) is 0 Å². The van der Waals surface area contributed by atoms with Crippen molar-refractivity contribution in [3.05, 3.63) is 88.8 Å². The van der Waals surface area contributed by atoms with Gasteiger partial charge in [-0.15, -0.1) is 0 Å². The van der Waals surface area contributed by atoms with E-state index in [1.54, 1.807) is 18.2 Å². The molecule has 0 radical (unpaired) electrons. The van der Waals surface area contributed by atoms with Gasteiger partial charge in [-0.05, 0) is 18.2 Å². The number of benzene rings is 2. The molecule has 0 aliphatic heterocycles. The molecule has 0 aliphatic rings. The van der Waals surface area contributed by atoms with Gasteiger partial charge in [-0.2, -0.15) is 10.1 Å². The molecule has 6 nitrogen and oxygen atoms in total. The fourth-order valence-corrected chi connectivity index (χ4v) is 2.67. The van der Waals surface area contributed by atoms with Gasteiger partial charge in [0.2, 0.25) is 11.7 Å². The van der Waals surface area contributed by atoms with Crippen LogP contribution in [0.1, 0.15) is 5.89 Å². The van der Waals surface area contributed by atoms with E-state index < -0.39 is 0 Å². The van der Waals surface area contributed by atoms with E-state index in [0.717, 1.165) is 5.56 Å². The molecule has 134 valence electrons. The van der Waals surface area contributed by atoms with Crippen LogP contribution in [0.25, 0.3) is 22.6 Å². The van der Waals surface area contributed by atoms with E-state index in [1.165, 1.54) is 22.9 Å². The van der Waals surface area contributed by atoms with E-state index in [1.807, 2.05) is 30.3 Å². The topological polar surface area (TPSA) is 73.8 Å². The number of hydrogen-bond acceptors (Lipinski definition) is 5. The summed E-state index contributed by atoms with van der Waals surface area (Å²) >= 11 is 0. The maximum atomic E-state index is 13.3. The zero-order valence-electron chi connectivity index (χ0n) is 14.2.